The molecule has 3 unspecified atom stereocenters. The van der Waals surface area contributed by atoms with Crippen LogP contribution >= 0.6 is 0 Å². The van der Waals surface area contributed by atoms with Gasteiger partial charge in [0, 0.05) is 17.2 Å². The van der Waals surface area contributed by atoms with Crippen LogP contribution in [0.4, 0.5) is 0 Å². The van der Waals surface area contributed by atoms with Crippen molar-refractivity contribution in [3.8, 4) is 5.75 Å². The van der Waals surface area contributed by atoms with Gasteiger partial charge in [-0.1, -0.05) is 26.0 Å². The molecule has 1 amide bonds. The molecule has 2 aliphatic carbocycles. The van der Waals surface area contributed by atoms with Crippen LogP contribution in [0.25, 0.3) is 0 Å². The van der Waals surface area contributed by atoms with E-state index in [4.69, 9.17) is 4.74 Å². The van der Waals surface area contributed by atoms with Crippen LogP contribution in [0.5, 0.6) is 5.75 Å². The number of fused-ring (bicyclic) bond motifs is 2. The Morgan fingerprint density at radius 2 is 1.96 bits per heavy atom. The summed E-state index contributed by atoms with van der Waals surface area (Å²) in [6, 6.07) is 7.02. The van der Waals surface area contributed by atoms with E-state index in [9.17, 15) is 4.79 Å². The van der Waals surface area contributed by atoms with E-state index in [1.165, 1.54) is 6.42 Å². The first kappa shape index (κ1) is 15.8. The van der Waals surface area contributed by atoms with Gasteiger partial charge in [0.05, 0.1) is 7.11 Å². The Morgan fingerprint density at radius 3 is 2.52 bits per heavy atom. The molecule has 1 aromatic rings. The van der Waals surface area contributed by atoms with Gasteiger partial charge in [-0.3, -0.25) is 4.79 Å². The standard InChI is InChI=1S/C19H24N2O2/c1-12(17-14-5-8-15(11-14)19(17,2)3)20-21-18(22)13-6-9-16(23-4)10-7-13/h5-10,14-15,17H,11H2,1-4H3,(H,21,22). The molecule has 0 saturated heterocycles. The first-order valence-corrected chi connectivity index (χ1v) is 8.10. The Hall–Kier alpha value is -2.10. The smallest absolute Gasteiger partial charge is 0.271 e. The second-order valence-electron chi connectivity index (χ2n) is 7.11. The van der Waals surface area contributed by atoms with Crippen LogP contribution in [0.15, 0.2) is 41.5 Å². The third kappa shape index (κ3) is 2.78. The predicted octanol–water partition coefficient (Wildman–Crippen LogP) is 3.65. The number of methoxy groups -OCH3 is 1. The van der Waals surface area contributed by atoms with Crippen LogP contribution in [0.1, 0.15) is 37.6 Å². The van der Waals surface area contributed by atoms with Crippen molar-refractivity contribution in [2.24, 2.45) is 28.3 Å². The highest BCUT2D eigenvalue weighted by molar-refractivity contribution is 5.95. The van der Waals surface area contributed by atoms with Gasteiger partial charge in [-0.15, -0.1) is 0 Å². The average molecular weight is 312 g/mol. The van der Waals surface area contributed by atoms with Crippen LogP contribution < -0.4 is 10.2 Å². The fourth-order valence-corrected chi connectivity index (χ4v) is 4.17. The number of hydrazone groups is 1. The molecule has 23 heavy (non-hydrogen) atoms. The lowest BCUT2D eigenvalue weighted by molar-refractivity contribution is 0.0954. The van der Waals surface area contributed by atoms with Gasteiger partial charge < -0.3 is 4.74 Å². The third-order valence-electron chi connectivity index (χ3n) is 5.44. The Morgan fingerprint density at radius 1 is 1.26 bits per heavy atom. The highest BCUT2D eigenvalue weighted by Gasteiger charge is 2.51. The minimum atomic E-state index is -0.191. The van der Waals surface area contributed by atoms with Gasteiger partial charge in [0.25, 0.3) is 5.91 Å². The highest BCUT2D eigenvalue weighted by Crippen LogP contribution is 2.56. The molecule has 1 saturated carbocycles. The lowest BCUT2D eigenvalue weighted by atomic mass is 9.69. The van der Waals surface area contributed by atoms with Crippen molar-refractivity contribution in [1.82, 2.24) is 5.43 Å². The van der Waals surface area contributed by atoms with Gasteiger partial charge >= 0.3 is 0 Å². The number of nitrogens with zero attached hydrogens (tertiary/aromatic N) is 1. The second kappa shape index (κ2) is 5.84. The number of benzene rings is 1. The molecule has 1 fully saturated rings. The Bertz CT molecular complexity index is 658. The molecular weight excluding hydrogens is 288 g/mol. The summed E-state index contributed by atoms with van der Waals surface area (Å²) in [6.07, 6.45) is 5.85. The average Bonchev–Trinajstić information content (AvgIpc) is 3.11. The second-order valence-corrected chi connectivity index (χ2v) is 7.11. The lowest BCUT2D eigenvalue weighted by Gasteiger charge is -2.35. The molecular formula is C19H24N2O2. The number of hydrogen-bond acceptors (Lipinski definition) is 3. The molecule has 0 aliphatic heterocycles. The van der Waals surface area contributed by atoms with Gasteiger partial charge in [-0.25, -0.2) is 5.43 Å². The lowest BCUT2D eigenvalue weighted by Crippen LogP contribution is -2.34. The molecule has 2 aliphatic rings. The number of ether oxygens (including phenoxy) is 1. The van der Waals surface area contributed by atoms with Crippen molar-refractivity contribution in [1.29, 1.82) is 0 Å². The van der Waals surface area contributed by atoms with E-state index < -0.39 is 0 Å². The quantitative estimate of drug-likeness (QED) is 0.524. The van der Waals surface area contributed by atoms with Gasteiger partial charge in [0.2, 0.25) is 0 Å². The number of carbonyl (C=O) groups is 1. The Balaban J connectivity index is 1.69. The molecule has 0 heterocycles. The van der Waals surface area contributed by atoms with E-state index >= 15 is 0 Å². The van der Waals surface area contributed by atoms with Crippen molar-refractivity contribution >= 4 is 11.6 Å². The SMILES string of the molecule is COc1ccc(C(=O)NN=C(C)C2C3C=CC(C3)C2(C)C)cc1. The Kier molecular flexibility index (Phi) is 4.00. The predicted molar refractivity (Wildman–Crippen MR) is 91.6 cm³/mol. The van der Waals surface area contributed by atoms with Crippen LogP contribution in [-0.4, -0.2) is 18.7 Å². The molecule has 0 radical (unpaired) electrons. The molecule has 3 atom stereocenters. The minimum Gasteiger partial charge on any atom is -0.497 e. The number of carbonyl (C=O) groups excluding carboxylic acids is 1. The fourth-order valence-electron chi connectivity index (χ4n) is 4.17. The van der Waals surface area contributed by atoms with Crippen molar-refractivity contribution in [2.45, 2.75) is 27.2 Å². The molecule has 2 bridgehead atoms. The van der Waals surface area contributed by atoms with Gasteiger partial charge in [-0.2, -0.15) is 5.10 Å². The van der Waals surface area contributed by atoms with Gasteiger partial charge in [0.1, 0.15) is 5.75 Å². The third-order valence-corrected chi connectivity index (χ3v) is 5.44. The molecule has 4 heteroatoms. The topological polar surface area (TPSA) is 50.7 Å². The Labute approximate surface area is 137 Å². The van der Waals surface area contributed by atoms with Crippen molar-refractivity contribution in [3.63, 3.8) is 0 Å². The zero-order valence-corrected chi connectivity index (χ0v) is 14.2. The number of rotatable bonds is 4. The summed E-state index contributed by atoms with van der Waals surface area (Å²) in [5.74, 6) is 2.12. The van der Waals surface area contributed by atoms with Crippen molar-refractivity contribution < 1.29 is 9.53 Å². The molecule has 4 nitrogen and oxygen atoms in total. The zero-order chi connectivity index (χ0) is 16.6. The van der Waals surface area contributed by atoms with Crippen LogP contribution in [0, 0.1) is 23.2 Å². The number of allylic oxidation sites excluding steroid dienone is 2. The first-order valence-electron chi connectivity index (χ1n) is 8.10. The monoisotopic (exact) mass is 312 g/mol. The normalized spacial score (nSPS) is 28.0. The highest BCUT2D eigenvalue weighted by atomic mass is 16.5. The van der Waals surface area contributed by atoms with Crippen molar-refractivity contribution in [3.05, 3.63) is 42.0 Å². The summed E-state index contributed by atoms with van der Waals surface area (Å²) in [4.78, 5) is 12.2. The number of amides is 1. The number of nitrogens with one attached hydrogen (secondary N) is 1. The summed E-state index contributed by atoms with van der Waals surface area (Å²) in [5.41, 5.74) is 4.49. The largest absolute Gasteiger partial charge is 0.497 e. The molecule has 0 spiro atoms. The molecule has 3 rings (SSSR count). The van der Waals surface area contributed by atoms with E-state index in [0.29, 0.717) is 23.3 Å². The van der Waals surface area contributed by atoms with E-state index in [0.717, 1.165) is 11.5 Å². The summed E-state index contributed by atoms with van der Waals surface area (Å²) >= 11 is 0. The fraction of sp³-hybridized carbons (Fsp3) is 0.474. The minimum absolute atomic E-state index is 0.191. The zero-order valence-electron chi connectivity index (χ0n) is 14.2. The van der Waals surface area contributed by atoms with Crippen molar-refractivity contribution in [2.75, 3.05) is 7.11 Å². The summed E-state index contributed by atoms with van der Waals surface area (Å²) in [5, 5.41) is 4.39. The van der Waals surface area contributed by atoms with E-state index in [2.05, 4.69) is 36.5 Å². The van der Waals surface area contributed by atoms with Crippen LogP contribution in [0.2, 0.25) is 0 Å². The molecule has 122 valence electrons. The molecule has 1 N–H and O–H groups in total. The maximum Gasteiger partial charge on any atom is 0.271 e. The number of hydrogen-bond donors (Lipinski definition) is 1. The van der Waals surface area contributed by atoms with Gasteiger partial charge in [0.15, 0.2) is 0 Å². The maximum absolute atomic E-state index is 12.2. The van der Waals surface area contributed by atoms with E-state index in [1.54, 1.807) is 31.4 Å². The van der Waals surface area contributed by atoms with Crippen LogP contribution in [-0.2, 0) is 0 Å². The summed E-state index contributed by atoms with van der Waals surface area (Å²) in [6.45, 7) is 6.63. The van der Waals surface area contributed by atoms with Crippen LogP contribution in [0.3, 0.4) is 0 Å². The maximum atomic E-state index is 12.2. The van der Waals surface area contributed by atoms with E-state index in [1.807, 2.05) is 6.92 Å². The summed E-state index contributed by atoms with van der Waals surface area (Å²) in [7, 11) is 1.61. The van der Waals surface area contributed by atoms with E-state index in [-0.39, 0.29) is 11.3 Å². The van der Waals surface area contributed by atoms with Gasteiger partial charge in [-0.05, 0) is 54.9 Å². The molecule has 1 aromatic carbocycles. The molecule has 0 aromatic heterocycles. The first-order chi connectivity index (χ1) is 10.9. The summed E-state index contributed by atoms with van der Waals surface area (Å²) < 4.78 is 5.10.